The van der Waals surface area contributed by atoms with Crippen molar-refractivity contribution in [1.82, 2.24) is 0 Å². The Morgan fingerprint density at radius 2 is 0.562 bits per heavy atom. The molecule has 0 saturated carbocycles. The van der Waals surface area contributed by atoms with E-state index >= 15 is 0 Å². The molecule has 0 N–H and O–H groups in total. The highest BCUT2D eigenvalue weighted by Crippen LogP contribution is 2.43. The maximum Gasteiger partial charge on any atom is 0.0776 e. The van der Waals surface area contributed by atoms with Crippen LogP contribution in [0.15, 0.2) is 218 Å². The maximum atomic E-state index is 2.53. The number of hydrogen-bond acceptors (Lipinski definition) is 2. The van der Waals surface area contributed by atoms with Crippen LogP contribution < -0.4 is 20.2 Å². The van der Waals surface area contributed by atoms with Crippen LogP contribution in [0.25, 0.3) is 54.6 Å². The predicted molar refractivity (Wildman–Crippen MR) is 285 cm³/mol. The van der Waals surface area contributed by atoms with Crippen molar-refractivity contribution in [3.63, 3.8) is 0 Å². The summed E-state index contributed by atoms with van der Waals surface area (Å²) >= 11 is 0. The van der Waals surface area contributed by atoms with Crippen molar-refractivity contribution in [3.8, 4) is 22.3 Å². The monoisotopic (exact) mass is 858 g/mol. The summed E-state index contributed by atoms with van der Waals surface area (Å²) in [6.07, 6.45) is 0. The van der Waals surface area contributed by atoms with E-state index in [1.165, 1.54) is 64.9 Å². The lowest BCUT2D eigenvalue weighted by Crippen LogP contribution is -2.37. The second-order valence-electron chi connectivity index (χ2n) is 19.1. The minimum Gasteiger partial charge on any atom is -0.311 e. The normalized spacial score (nSPS) is 11.9. The van der Waals surface area contributed by atoms with E-state index in [1.54, 1.807) is 0 Å². The first kappa shape index (κ1) is 41.0. The Bertz CT molecular complexity index is 3170. The third-order valence-electron chi connectivity index (χ3n) is 12.7. The number of hydrogen-bond donors (Lipinski definition) is 0. The second-order valence-corrected chi connectivity index (χ2v) is 29.2. The molecule has 0 aliphatic heterocycles. The van der Waals surface area contributed by atoms with Crippen LogP contribution in [-0.4, -0.2) is 16.1 Å². The molecule has 0 amide bonds. The van der Waals surface area contributed by atoms with E-state index in [4.69, 9.17) is 0 Å². The van der Waals surface area contributed by atoms with Crippen molar-refractivity contribution in [2.75, 3.05) is 9.80 Å². The van der Waals surface area contributed by atoms with Crippen LogP contribution in [0, 0.1) is 0 Å². The number of nitrogens with zero attached hydrogens (tertiary/aromatic N) is 2. The Labute approximate surface area is 380 Å². The number of rotatable bonds is 10. The Kier molecular flexibility index (Phi) is 10.7. The highest BCUT2D eigenvalue weighted by Gasteiger charge is 2.23. The van der Waals surface area contributed by atoms with Gasteiger partial charge in [0.25, 0.3) is 0 Å². The van der Waals surface area contributed by atoms with Crippen LogP contribution in [0.2, 0.25) is 39.3 Å². The molecule has 0 saturated heterocycles. The van der Waals surface area contributed by atoms with Gasteiger partial charge in [0, 0.05) is 34.1 Å². The van der Waals surface area contributed by atoms with Crippen LogP contribution in [0.4, 0.5) is 34.1 Å². The van der Waals surface area contributed by atoms with E-state index in [0.29, 0.717) is 0 Å². The van der Waals surface area contributed by atoms with Crippen molar-refractivity contribution in [3.05, 3.63) is 218 Å². The molecule has 10 aromatic rings. The fourth-order valence-electron chi connectivity index (χ4n) is 9.23. The summed E-state index contributed by atoms with van der Waals surface area (Å²) in [7, 11) is -3.38. The van der Waals surface area contributed by atoms with Gasteiger partial charge in [-0.15, -0.1) is 0 Å². The van der Waals surface area contributed by atoms with E-state index in [9.17, 15) is 0 Å². The molecule has 0 bridgehead atoms. The third kappa shape index (κ3) is 7.85. The smallest absolute Gasteiger partial charge is 0.0776 e. The van der Waals surface area contributed by atoms with Gasteiger partial charge in [-0.05, 0) is 133 Å². The Hall–Kier alpha value is -6.99. The van der Waals surface area contributed by atoms with Gasteiger partial charge in [0.1, 0.15) is 0 Å². The molecule has 64 heavy (non-hydrogen) atoms. The topological polar surface area (TPSA) is 6.48 Å². The molecule has 4 heteroatoms. The van der Waals surface area contributed by atoms with Gasteiger partial charge in [-0.1, -0.05) is 189 Å². The number of fused-ring (bicyclic) bond motifs is 5. The molecule has 10 rings (SSSR count). The first-order valence-corrected chi connectivity index (χ1v) is 29.5. The fraction of sp³-hybridized carbons (Fsp3) is 0.100. The molecule has 0 heterocycles. The zero-order chi connectivity index (χ0) is 44.0. The Balaban J connectivity index is 1.16. The van der Waals surface area contributed by atoms with Gasteiger partial charge in [-0.3, -0.25) is 0 Å². The van der Waals surface area contributed by atoms with Crippen molar-refractivity contribution in [2.45, 2.75) is 39.3 Å². The van der Waals surface area contributed by atoms with Gasteiger partial charge in [0.15, 0.2) is 0 Å². The summed E-state index contributed by atoms with van der Waals surface area (Å²) in [4.78, 5) is 4.67. The molecule has 0 spiro atoms. The van der Waals surface area contributed by atoms with Crippen molar-refractivity contribution in [2.24, 2.45) is 0 Å². The SMILES string of the molecule is C[Si](C)(C)c1ccc2c(-c3ccc(N(c4ccccc4)c4ccccc4)cc3)cc3c4cc([Si](C)(C)C)cc(-c5ccc(N(c6ccccc6)c6ccccc6)cc5)c4ccc3c2c1. The molecular weight excluding hydrogens is 805 g/mol. The lowest BCUT2D eigenvalue weighted by Gasteiger charge is -2.26. The summed E-state index contributed by atoms with van der Waals surface area (Å²) in [5, 5.41) is 10.8. The first-order valence-electron chi connectivity index (χ1n) is 22.5. The molecule has 0 unspecified atom stereocenters. The van der Waals surface area contributed by atoms with Gasteiger partial charge >= 0.3 is 0 Å². The lowest BCUT2D eigenvalue weighted by molar-refractivity contribution is 1.28. The van der Waals surface area contributed by atoms with Gasteiger partial charge in [0.2, 0.25) is 0 Å². The summed E-state index contributed by atoms with van der Waals surface area (Å²) in [6.45, 7) is 14.8. The van der Waals surface area contributed by atoms with Gasteiger partial charge in [-0.2, -0.15) is 0 Å². The molecular formula is C60H54N2Si2. The number of benzene rings is 10. The van der Waals surface area contributed by atoms with Crippen LogP contribution in [0.1, 0.15) is 0 Å². The Morgan fingerprint density at radius 1 is 0.250 bits per heavy atom. The number of para-hydroxylation sites is 4. The van der Waals surface area contributed by atoms with E-state index in [1.807, 2.05) is 0 Å². The van der Waals surface area contributed by atoms with E-state index in [-0.39, 0.29) is 0 Å². The largest absolute Gasteiger partial charge is 0.311 e. The van der Waals surface area contributed by atoms with Gasteiger partial charge < -0.3 is 9.80 Å². The summed E-state index contributed by atoms with van der Waals surface area (Å²) in [5.41, 5.74) is 11.8. The molecule has 0 radical (unpaired) electrons. The quantitative estimate of drug-likeness (QED) is 0.0999. The molecule has 312 valence electrons. The molecule has 2 nitrogen and oxygen atoms in total. The van der Waals surface area contributed by atoms with Crippen molar-refractivity contribution < 1.29 is 0 Å². The fourth-order valence-corrected chi connectivity index (χ4v) is 11.5. The summed E-state index contributed by atoms with van der Waals surface area (Å²) in [6, 6.07) is 80.7. The zero-order valence-electron chi connectivity index (χ0n) is 37.7. The maximum absolute atomic E-state index is 2.53. The minimum absolute atomic E-state index is 1.13. The summed E-state index contributed by atoms with van der Waals surface area (Å²) in [5.74, 6) is 0. The third-order valence-corrected chi connectivity index (χ3v) is 16.8. The molecule has 0 aliphatic rings. The Morgan fingerprint density at radius 3 is 0.969 bits per heavy atom. The minimum atomic E-state index is -1.76. The summed E-state index contributed by atoms with van der Waals surface area (Å²) < 4.78 is 0. The predicted octanol–water partition coefficient (Wildman–Crippen LogP) is 16.5. The van der Waals surface area contributed by atoms with E-state index < -0.39 is 16.1 Å². The highest BCUT2D eigenvalue weighted by atomic mass is 28.3. The van der Waals surface area contributed by atoms with Gasteiger partial charge in [0.05, 0.1) is 16.1 Å². The first-order chi connectivity index (χ1) is 31.0. The van der Waals surface area contributed by atoms with Crippen molar-refractivity contribution >= 4 is 93.0 Å². The standard InChI is InChI=1S/C60H54N2Si2/c1-63(2,3)51-35-36-53-57(44-29-33-50(34-30-44)62(47-23-15-9-16-24-47)48-25-17-10-18-26-48)42-60-55(58(53)39-51)38-37-54-56(40-52(41-59(54)60)64(4,5)6)43-27-31-49(32-28-43)61(45-19-11-7-12-20-45)46-21-13-8-14-22-46/h7-42H,1-6H3. The van der Waals surface area contributed by atoms with Crippen molar-refractivity contribution in [1.29, 1.82) is 0 Å². The molecule has 0 atom stereocenters. The average molecular weight is 859 g/mol. The molecule has 0 aromatic heterocycles. The van der Waals surface area contributed by atoms with E-state index in [0.717, 1.165) is 34.1 Å². The zero-order valence-corrected chi connectivity index (χ0v) is 39.7. The molecule has 10 aromatic carbocycles. The van der Waals surface area contributed by atoms with Crippen LogP contribution in [0.5, 0.6) is 0 Å². The van der Waals surface area contributed by atoms with Crippen LogP contribution in [0.3, 0.4) is 0 Å². The van der Waals surface area contributed by atoms with Crippen LogP contribution >= 0.6 is 0 Å². The average Bonchev–Trinajstić information content (AvgIpc) is 3.32. The van der Waals surface area contributed by atoms with Gasteiger partial charge in [-0.25, -0.2) is 0 Å². The molecule has 0 fully saturated rings. The highest BCUT2D eigenvalue weighted by molar-refractivity contribution is 6.89. The lowest BCUT2D eigenvalue weighted by atomic mass is 9.89. The number of anilines is 6. The molecule has 0 aliphatic carbocycles. The van der Waals surface area contributed by atoms with E-state index in [2.05, 4.69) is 267 Å². The second kappa shape index (κ2) is 16.6. The van der Waals surface area contributed by atoms with Crippen LogP contribution in [-0.2, 0) is 0 Å².